The maximum absolute atomic E-state index is 5.65. The van der Waals surface area contributed by atoms with Gasteiger partial charge in [-0.25, -0.2) is 4.98 Å². The highest BCUT2D eigenvalue weighted by atomic mass is 16.5. The minimum atomic E-state index is -0.111. The number of aryl methyl sites for hydroxylation is 2. The molecule has 0 aliphatic rings. The van der Waals surface area contributed by atoms with Gasteiger partial charge in [-0.3, -0.25) is 0 Å². The Hall–Kier alpha value is -0.870. The third kappa shape index (κ3) is 3.30. The molecule has 4 nitrogen and oxygen atoms in total. The van der Waals surface area contributed by atoms with Crippen LogP contribution < -0.4 is 5.32 Å². The number of nitrogens with zero attached hydrogens (tertiary/aromatic N) is 2. The SMILES string of the molecule is CCC(C)(OC)C(CCc1nccn1C)NC. The van der Waals surface area contributed by atoms with Gasteiger partial charge >= 0.3 is 0 Å². The summed E-state index contributed by atoms with van der Waals surface area (Å²) >= 11 is 0. The smallest absolute Gasteiger partial charge is 0.108 e. The van der Waals surface area contributed by atoms with Crippen molar-refractivity contribution in [2.75, 3.05) is 14.2 Å². The lowest BCUT2D eigenvalue weighted by Gasteiger charge is -2.35. The Balaban J connectivity index is 2.62. The Morgan fingerprint density at radius 1 is 1.59 bits per heavy atom. The van der Waals surface area contributed by atoms with Crippen molar-refractivity contribution in [3.63, 3.8) is 0 Å². The topological polar surface area (TPSA) is 39.1 Å². The van der Waals surface area contributed by atoms with E-state index in [1.165, 1.54) is 0 Å². The molecule has 4 heteroatoms. The van der Waals surface area contributed by atoms with Crippen LogP contribution in [0.15, 0.2) is 12.4 Å². The Morgan fingerprint density at radius 2 is 2.29 bits per heavy atom. The Bertz CT molecular complexity index is 331. The van der Waals surface area contributed by atoms with Gasteiger partial charge in [0, 0.05) is 39.0 Å². The summed E-state index contributed by atoms with van der Waals surface area (Å²) in [5.41, 5.74) is -0.111. The van der Waals surface area contributed by atoms with Crippen LogP contribution in [-0.2, 0) is 18.2 Å². The molecule has 0 amide bonds. The fourth-order valence-electron chi connectivity index (χ4n) is 2.20. The van der Waals surface area contributed by atoms with Crippen molar-refractivity contribution >= 4 is 0 Å². The third-order valence-corrected chi connectivity index (χ3v) is 3.83. The molecule has 1 N–H and O–H groups in total. The van der Waals surface area contributed by atoms with Crippen LogP contribution in [0.1, 0.15) is 32.5 Å². The lowest BCUT2D eigenvalue weighted by molar-refractivity contribution is -0.0291. The molecule has 1 rings (SSSR count). The highest BCUT2D eigenvalue weighted by Gasteiger charge is 2.31. The van der Waals surface area contributed by atoms with Gasteiger partial charge in [0.15, 0.2) is 0 Å². The van der Waals surface area contributed by atoms with Crippen LogP contribution in [0.4, 0.5) is 0 Å². The first-order valence-corrected chi connectivity index (χ1v) is 6.26. The summed E-state index contributed by atoms with van der Waals surface area (Å²) in [6.45, 7) is 4.32. The summed E-state index contributed by atoms with van der Waals surface area (Å²) in [5, 5.41) is 3.36. The quantitative estimate of drug-likeness (QED) is 0.788. The number of imidazole rings is 1. The molecule has 0 bridgehead atoms. The van der Waals surface area contributed by atoms with E-state index in [4.69, 9.17) is 4.74 Å². The van der Waals surface area contributed by atoms with Gasteiger partial charge in [-0.15, -0.1) is 0 Å². The molecule has 0 fully saturated rings. The van der Waals surface area contributed by atoms with Gasteiger partial charge in [-0.2, -0.15) is 0 Å². The monoisotopic (exact) mass is 239 g/mol. The van der Waals surface area contributed by atoms with Crippen LogP contribution in [-0.4, -0.2) is 35.4 Å². The van der Waals surface area contributed by atoms with Crippen molar-refractivity contribution < 1.29 is 4.74 Å². The zero-order chi connectivity index (χ0) is 12.9. The van der Waals surface area contributed by atoms with E-state index in [0.717, 1.165) is 25.1 Å². The number of hydrogen-bond acceptors (Lipinski definition) is 3. The number of likely N-dealkylation sites (N-methyl/N-ethyl adjacent to an activating group) is 1. The molecule has 98 valence electrons. The van der Waals surface area contributed by atoms with Crippen molar-refractivity contribution in [1.82, 2.24) is 14.9 Å². The van der Waals surface area contributed by atoms with Crippen LogP contribution >= 0.6 is 0 Å². The maximum atomic E-state index is 5.65. The first-order chi connectivity index (χ1) is 8.07. The van der Waals surface area contributed by atoms with E-state index in [-0.39, 0.29) is 5.60 Å². The largest absolute Gasteiger partial charge is 0.377 e. The van der Waals surface area contributed by atoms with Crippen molar-refractivity contribution in [1.29, 1.82) is 0 Å². The highest BCUT2D eigenvalue weighted by Crippen LogP contribution is 2.22. The summed E-state index contributed by atoms with van der Waals surface area (Å²) in [5.74, 6) is 1.12. The zero-order valence-electron chi connectivity index (χ0n) is 11.7. The van der Waals surface area contributed by atoms with Crippen LogP contribution in [0.25, 0.3) is 0 Å². The van der Waals surface area contributed by atoms with E-state index in [9.17, 15) is 0 Å². The number of ether oxygens (including phenoxy) is 1. The van der Waals surface area contributed by atoms with Gasteiger partial charge in [0.25, 0.3) is 0 Å². The molecule has 0 aromatic carbocycles. The van der Waals surface area contributed by atoms with Crippen molar-refractivity contribution in [3.05, 3.63) is 18.2 Å². The van der Waals surface area contributed by atoms with E-state index in [0.29, 0.717) is 6.04 Å². The summed E-state index contributed by atoms with van der Waals surface area (Å²) < 4.78 is 7.72. The Labute approximate surface area is 104 Å². The van der Waals surface area contributed by atoms with Gasteiger partial charge in [-0.1, -0.05) is 6.92 Å². The minimum Gasteiger partial charge on any atom is -0.377 e. The highest BCUT2D eigenvalue weighted by molar-refractivity contribution is 4.95. The van der Waals surface area contributed by atoms with Crippen molar-refractivity contribution in [2.45, 2.75) is 44.8 Å². The lowest BCUT2D eigenvalue weighted by Crippen LogP contribution is -2.48. The third-order valence-electron chi connectivity index (χ3n) is 3.83. The fraction of sp³-hybridized carbons (Fsp3) is 0.769. The van der Waals surface area contributed by atoms with Crippen LogP contribution in [0.5, 0.6) is 0 Å². The molecule has 17 heavy (non-hydrogen) atoms. The second kappa shape index (κ2) is 6.17. The van der Waals surface area contributed by atoms with Crippen molar-refractivity contribution in [2.24, 2.45) is 7.05 Å². The van der Waals surface area contributed by atoms with E-state index in [2.05, 4.69) is 28.7 Å². The van der Waals surface area contributed by atoms with Gasteiger partial charge in [0.2, 0.25) is 0 Å². The molecular formula is C13H25N3O. The molecule has 0 saturated heterocycles. The van der Waals surface area contributed by atoms with Gasteiger partial charge < -0.3 is 14.6 Å². The molecule has 0 saturated carbocycles. The summed E-state index contributed by atoms with van der Waals surface area (Å²) in [6.07, 6.45) is 6.82. The predicted octanol–water partition coefficient (Wildman–Crippen LogP) is 1.76. The van der Waals surface area contributed by atoms with E-state index in [1.807, 2.05) is 26.5 Å². The molecule has 0 spiro atoms. The van der Waals surface area contributed by atoms with E-state index in [1.54, 1.807) is 7.11 Å². The molecule has 2 atom stereocenters. The minimum absolute atomic E-state index is 0.111. The zero-order valence-corrected chi connectivity index (χ0v) is 11.7. The Morgan fingerprint density at radius 3 is 2.71 bits per heavy atom. The molecule has 1 aromatic rings. The number of aromatic nitrogens is 2. The van der Waals surface area contributed by atoms with Crippen LogP contribution in [0.2, 0.25) is 0 Å². The number of nitrogens with one attached hydrogen (secondary N) is 1. The summed E-state index contributed by atoms with van der Waals surface area (Å²) in [6, 6.07) is 0.342. The normalized spacial score (nSPS) is 16.8. The number of rotatable bonds is 7. The number of hydrogen-bond donors (Lipinski definition) is 1. The van der Waals surface area contributed by atoms with Gasteiger partial charge in [0.1, 0.15) is 5.82 Å². The summed E-state index contributed by atoms with van der Waals surface area (Å²) in [4.78, 5) is 4.35. The second-order valence-electron chi connectivity index (χ2n) is 4.70. The number of methoxy groups -OCH3 is 1. The first kappa shape index (κ1) is 14.2. The van der Waals surface area contributed by atoms with Crippen LogP contribution in [0.3, 0.4) is 0 Å². The van der Waals surface area contributed by atoms with Crippen molar-refractivity contribution in [3.8, 4) is 0 Å². The first-order valence-electron chi connectivity index (χ1n) is 6.26. The molecular weight excluding hydrogens is 214 g/mol. The van der Waals surface area contributed by atoms with Crippen LogP contribution in [0, 0.1) is 0 Å². The van der Waals surface area contributed by atoms with E-state index >= 15 is 0 Å². The average Bonchev–Trinajstić information content (AvgIpc) is 2.75. The molecule has 1 heterocycles. The van der Waals surface area contributed by atoms with Gasteiger partial charge in [-0.05, 0) is 26.8 Å². The Kier molecular flexibility index (Phi) is 5.15. The molecule has 0 radical (unpaired) electrons. The lowest BCUT2D eigenvalue weighted by atomic mass is 9.89. The maximum Gasteiger partial charge on any atom is 0.108 e. The predicted molar refractivity (Wildman–Crippen MR) is 70.1 cm³/mol. The standard InChI is InChI=1S/C13H25N3O/c1-6-13(2,17-5)11(14-3)7-8-12-15-9-10-16(12)4/h9-11,14H,6-8H2,1-5H3. The van der Waals surface area contributed by atoms with Gasteiger partial charge in [0.05, 0.1) is 5.60 Å². The molecule has 2 unspecified atom stereocenters. The molecule has 1 aromatic heterocycles. The molecule has 0 aliphatic heterocycles. The average molecular weight is 239 g/mol. The molecule has 0 aliphatic carbocycles. The second-order valence-corrected chi connectivity index (χ2v) is 4.70. The summed E-state index contributed by atoms with van der Waals surface area (Å²) in [7, 11) is 5.82. The fourth-order valence-corrected chi connectivity index (χ4v) is 2.20. The van der Waals surface area contributed by atoms with E-state index < -0.39 is 0 Å².